The molecule has 0 aliphatic carbocycles. The summed E-state index contributed by atoms with van der Waals surface area (Å²) in [5, 5.41) is 0. The normalized spacial score (nSPS) is 16.4. The van der Waals surface area contributed by atoms with Gasteiger partial charge in [-0.25, -0.2) is 0 Å². The zero-order valence-electron chi connectivity index (χ0n) is 22.7. The average Bonchev–Trinajstić information content (AvgIpc) is 3.32. The summed E-state index contributed by atoms with van der Waals surface area (Å²) in [6.07, 6.45) is 2.46. The lowest BCUT2D eigenvalue weighted by Gasteiger charge is -2.27. The number of methoxy groups -OCH3 is 2. The van der Waals surface area contributed by atoms with E-state index in [0.717, 1.165) is 22.4 Å². The van der Waals surface area contributed by atoms with Gasteiger partial charge in [0.25, 0.3) is 0 Å². The zero-order valence-corrected chi connectivity index (χ0v) is 22.7. The van der Waals surface area contributed by atoms with E-state index in [1.165, 1.54) is 0 Å². The molecule has 7 nitrogen and oxygen atoms in total. The number of hydrogen-bond donors (Lipinski definition) is 0. The Morgan fingerprint density at radius 1 is 0.829 bits per heavy atom. The van der Waals surface area contributed by atoms with Gasteiger partial charge in [-0.2, -0.15) is 0 Å². The SMILES string of the molecule is COc1ccc(CCOc2ccccc2[C@H]2CC(=O)Oc3ccc4c(c32)O/C(=C\c2ccccc2OC)C4=O)cc1. The molecule has 2 heterocycles. The molecule has 0 unspecified atom stereocenters. The van der Waals surface area contributed by atoms with E-state index < -0.39 is 5.92 Å². The molecule has 2 aliphatic heterocycles. The molecule has 2 aliphatic rings. The van der Waals surface area contributed by atoms with Crippen molar-refractivity contribution in [3.8, 4) is 28.7 Å². The van der Waals surface area contributed by atoms with Gasteiger partial charge in [-0.1, -0.05) is 48.5 Å². The van der Waals surface area contributed by atoms with Crippen molar-refractivity contribution in [3.63, 3.8) is 0 Å². The molecule has 0 saturated heterocycles. The Labute approximate surface area is 237 Å². The minimum absolute atomic E-state index is 0.0887. The van der Waals surface area contributed by atoms with Crippen LogP contribution < -0.4 is 23.7 Å². The predicted octanol–water partition coefficient (Wildman–Crippen LogP) is 6.38. The number of carbonyl (C=O) groups is 2. The predicted molar refractivity (Wildman–Crippen MR) is 153 cm³/mol. The lowest BCUT2D eigenvalue weighted by Crippen LogP contribution is -2.22. The number of Topliss-reactive ketones (excluding diaryl/α,β-unsaturated/α-hetero) is 1. The van der Waals surface area contributed by atoms with Crippen LogP contribution in [0.4, 0.5) is 0 Å². The Kier molecular flexibility index (Phi) is 7.17. The highest BCUT2D eigenvalue weighted by Crippen LogP contribution is 2.50. The van der Waals surface area contributed by atoms with Gasteiger partial charge in [0.15, 0.2) is 5.76 Å². The summed E-state index contributed by atoms with van der Waals surface area (Å²) in [4.78, 5) is 26.1. The van der Waals surface area contributed by atoms with Crippen LogP contribution in [0.2, 0.25) is 0 Å². The van der Waals surface area contributed by atoms with E-state index in [0.29, 0.717) is 47.2 Å². The Bertz CT molecular complexity index is 1650. The molecule has 41 heavy (non-hydrogen) atoms. The average molecular weight is 549 g/mol. The third-order valence-electron chi connectivity index (χ3n) is 7.31. The van der Waals surface area contributed by atoms with Crippen molar-refractivity contribution in [1.29, 1.82) is 0 Å². The fraction of sp³-hybridized carbons (Fsp3) is 0.176. The Morgan fingerprint density at radius 3 is 2.37 bits per heavy atom. The van der Waals surface area contributed by atoms with Gasteiger partial charge < -0.3 is 23.7 Å². The number of benzene rings is 4. The van der Waals surface area contributed by atoms with Gasteiger partial charge >= 0.3 is 5.97 Å². The lowest BCUT2D eigenvalue weighted by molar-refractivity contribution is -0.135. The first-order chi connectivity index (χ1) is 20.1. The van der Waals surface area contributed by atoms with Crippen LogP contribution in [0.1, 0.15) is 45.0 Å². The van der Waals surface area contributed by atoms with Gasteiger partial charge in [-0.3, -0.25) is 9.59 Å². The third kappa shape index (κ3) is 5.14. The second-order valence-corrected chi connectivity index (χ2v) is 9.75. The van der Waals surface area contributed by atoms with Gasteiger partial charge in [0.1, 0.15) is 28.7 Å². The number of fused-ring (bicyclic) bond motifs is 3. The molecule has 0 bridgehead atoms. The number of esters is 1. The maximum atomic E-state index is 13.4. The standard InChI is InChI=1S/C34H28O7/c1-37-23-13-11-21(12-14-23)17-18-39-28-10-6-4-8-24(28)26-20-31(35)40-29-16-15-25-33(36)30(41-34(25)32(26)29)19-22-7-3-5-9-27(22)38-2/h3-16,19,26H,17-18,20H2,1-2H3/b30-19-/t26-/m1/s1. The highest BCUT2D eigenvalue weighted by atomic mass is 16.5. The van der Waals surface area contributed by atoms with E-state index in [9.17, 15) is 9.59 Å². The van der Waals surface area contributed by atoms with Crippen molar-refractivity contribution >= 4 is 17.8 Å². The topological polar surface area (TPSA) is 80.3 Å². The van der Waals surface area contributed by atoms with E-state index in [1.807, 2.05) is 72.8 Å². The van der Waals surface area contributed by atoms with Crippen LogP contribution in [-0.4, -0.2) is 32.6 Å². The summed E-state index contributed by atoms with van der Waals surface area (Å²) in [6.45, 7) is 0.445. The largest absolute Gasteiger partial charge is 0.497 e. The summed E-state index contributed by atoms with van der Waals surface area (Å²) in [5.74, 6) is 2.04. The van der Waals surface area contributed by atoms with Crippen molar-refractivity contribution in [2.24, 2.45) is 0 Å². The highest BCUT2D eigenvalue weighted by Gasteiger charge is 2.39. The number of allylic oxidation sites excluding steroid dienone is 1. The van der Waals surface area contributed by atoms with Gasteiger partial charge in [0, 0.05) is 29.0 Å². The number of para-hydroxylation sites is 2. The summed E-state index contributed by atoms with van der Waals surface area (Å²) in [6, 6.07) is 26.2. The molecule has 0 N–H and O–H groups in total. The fourth-order valence-corrected chi connectivity index (χ4v) is 5.27. The van der Waals surface area contributed by atoms with Crippen LogP contribution in [-0.2, 0) is 11.2 Å². The molecule has 4 aromatic carbocycles. The monoisotopic (exact) mass is 548 g/mol. The van der Waals surface area contributed by atoms with Crippen molar-refractivity contribution in [2.45, 2.75) is 18.8 Å². The molecular formula is C34H28O7. The van der Waals surface area contributed by atoms with E-state index in [4.69, 9.17) is 23.7 Å². The molecule has 0 fully saturated rings. The summed E-state index contributed by atoms with van der Waals surface area (Å²) < 4.78 is 28.8. The maximum Gasteiger partial charge on any atom is 0.312 e. The van der Waals surface area contributed by atoms with Gasteiger partial charge in [0.05, 0.1) is 32.8 Å². The van der Waals surface area contributed by atoms with Crippen LogP contribution in [0.15, 0.2) is 90.7 Å². The van der Waals surface area contributed by atoms with Gasteiger partial charge in [-0.15, -0.1) is 0 Å². The van der Waals surface area contributed by atoms with E-state index in [2.05, 4.69) is 0 Å². The molecule has 206 valence electrons. The second-order valence-electron chi connectivity index (χ2n) is 9.75. The van der Waals surface area contributed by atoms with E-state index >= 15 is 0 Å². The van der Waals surface area contributed by atoms with E-state index in [-0.39, 0.29) is 23.9 Å². The summed E-state index contributed by atoms with van der Waals surface area (Å²) >= 11 is 0. The number of rotatable bonds is 8. The minimum Gasteiger partial charge on any atom is -0.497 e. The van der Waals surface area contributed by atoms with Crippen LogP contribution in [0.3, 0.4) is 0 Å². The number of ketones is 1. The van der Waals surface area contributed by atoms with E-state index in [1.54, 1.807) is 32.4 Å². The summed E-state index contributed by atoms with van der Waals surface area (Å²) in [7, 11) is 3.22. The van der Waals surface area contributed by atoms with Crippen LogP contribution in [0.5, 0.6) is 28.7 Å². The van der Waals surface area contributed by atoms with Crippen LogP contribution in [0, 0.1) is 0 Å². The molecule has 1 atom stereocenters. The third-order valence-corrected chi connectivity index (χ3v) is 7.31. The number of hydrogen-bond acceptors (Lipinski definition) is 7. The van der Waals surface area contributed by atoms with Gasteiger partial charge in [-0.05, 0) is 48.0 Å². The molecular weight excluding hydrogens is 520 g/mol. The zero-order chi connectivity index (χ0) is 28.3. The molecule has 0 aromatic heterocycles. The van der Waals surface area contributed by atoms with Gasteiger partial charge in [0.2, 0.25) is 5.78 Å². The quantitative estimate of drug-likeness (QED) is 0.144. The minimum atomic E-state index is -0.420. The molecule has 6 rings (SSSR count). The lowest BCUT2D eigenvalue weighted by atomic mass is 9.84. The van der Waals surface area contributed by atoms with Crippen molar-refractivity contribution < 1.29 is 33.3 Å². The first-order valence-corrected chi connectivity index (χ1v) is 13.3. The van der Waals surface area contributed by atoms with Crippen LogP contribution in [0.25, 0.3) is 6.08 Å². The Balaban J connectivity index is 1.32. The van der Waals surface area contributed by atoms with Crippen molar-refractivity contribution in [2.75, 3.05) is 20.8 Å². The fourth-order valence-electron chi connectivity index (χ4n) is 5.27. The smallest absolute Gasteiger partial charge is 0.312 e. The van der Waals surface area contributed by atoms with Crippen molar-refractivity contribution in [1.82, 2.24) is 0 Å². The van der Waals surface area contributed by atoms with Crippen molar-refractivity contribution in [3.05, 3.63) is 119 Å². The Morgan fingerprint density at radius 2 is 1.59 bits per heavy atom. The molecule has 4 aromatic rings. The Hall–Kier alpha value is -5.04. The maximum absolute atomic E-state index is 13.4. The number of carbonyl (C=O) groups excluding carboxylic acids is 2. The summed E-state index contributed by atoms with van der Waals surface area (Å²) in [5.41, 5.74) is 3.75. The second kappa shape index (κ2) is 11.2. The first-order valence-electron chi connectivity index (χ1n) is 13.3. The highest BCUT2D eigenvalue weighted by molar-refractivity contribution is 6.15. The molecule has 7 heteroatoms. The molecule has 0 radical (unpaired) electrons. The number of ether oxygens (including phenoxy) is 5. The molecule has 0 saturated carbocycles. The van der Waals surface area contributed by atoms with Crippen LogP contribution >= 0.6 is 0 Å². The molecule has 0 amide bonds. The first kappa shape index (κ1) is 26.2. The molecule has 0 spiro atoms.